The fourth-order valence-electron chi connectivity index (χ4n) is 2.62. The highest BCUT2D eigenvalue weighted by atomic mass is 32.3. The molecule has 0 aromatic heterocycles. The number of nitrogens with zero attached hydrogens (tertiary/aromatic N) is 2. The molecule has 2 fully saturated rings. The van der Waals surface area contributed by atoms with E-state index in [0.29, 0.717) is 30.9 Å². The summed E-state index contributed by atoms with van der Waals surface area (Å²) in [5.74, 6) is -0.477. The molecule has 2 rings (SSSR count). The average Bonchev–Trinajstić information content (AvgIpc) is 2.71. The molecule has 0 spiro atoms. The van der Waals surface area contributed by atoms with Crippen molar-refractivity contribution in [1.82, 2.24) is 20.8 Å². The quantitative estimate of drug-likeness (QED) is 0.277. The Morgan fingerprint density at radius 2 is 2.17 bits per heavy atom. The monoisotopic (exact) mass is 352 g/mol. The van der Waals surface area contributed by atoms with Crippen molar-refractivity contribution in [3.63, 3.8) is 0 Å². The van der Waals surface area contributed by atoms with Crippen molar-refractivity contribution in [2.24, 2.45) is 0 Å². The number of nitrogens with one attached hydrogen (secondary N) is 2. The minimum atomic E-state index is -4.79. The zero-order chi connectivity index (χ0) is 17.0. The van der Waals surface area contributed by atoms with E-state index in [9.17, 15) is 18.0 Å². The van der Waals surface area contributed by atoms with E-state index in [1.54, 1.807) is 7.05 Å². The third-order valence-electron chi connectivity index (χ3n) is 3.65. The molecule has 0 radical (unpaired) electrons. The molecule has 23 heavy (non-hydrogen) atoms. The number of piperidine rings is 1. The molecule has 0 aromatic rings. The van der Waals surface area contributed by atoms with Crippen molar-refractivity contribution in [1.29, 1.82) is 0 Å². The van der Waals surface area contributed by atoms with E-state index in [2.05, 4.69) is 15.1 Å². The number of amides is 3. The van der Waals surface area contributed by atoms with Crippen LogP contribution in [0.1, 0.15) is 19.3 Å². The van der Waals surface area contributed by atoms with Gasteiger partial charge in [0.1, 0.15) is 6.04 Å². The van der Waals surface area contributed by atoms with Gasteiger partial charge in [-0.25, -0.2) is 10.3 Å². The second kappa shape index (κ2) is 7.40. The van der Waals surface area contributed by atoms with Crippen LogP contribution in [0.2, 0.25) is 0 Å². The molecule has 0 saturated carbocycles. The van der Waals surface area contributed by atoms with Crippen molar-refractivity contribution in [3.8, 4) is 0 Å². The number of rotatable bonds is 8. The van der Waals surface area contributed by atoms with E-state index in [1.165, 1.54) is 4.90 Å². The van der Waals surface area contributed by atoms with Gasteiger partial charge in [0, 0.05) is 6.54 Å². The number of carbonyl (C=O) groups excluding carboxylic acids is 2. The molecule has 0 aromatic carbocycles. The Morgan fingerprint density at radius 1 is 1.43 bits per heavy atom. The number of hydrogen-bond donors (Lipinski definition) is 3. The molecule has 3 N–H and O–H groups in total. The molecular weight excluding hydrogens is 332 g/mol. The molecule has 2 bridgehead atoms. The summed E-state index contributed by atoms with van der Waals surface area (Å²) in [5, 5.41) is 3.53. The summed E-state index contributed by atoms with van der Waals surface area (Å²) in [4.78, 5) is 30.4. The van der Waals surface area contributed by atoms with Gasteiger partial charge in [0.25, 0.3) is 5.91 Å². The largest absolute Gasteiger partial charge is 0.418 e. The normalized spacial score (nSPS) is 24.2. The second-order valence-corrected chi connectivity index (χ2v) is 6.29. The van der Waals surface area contributed by atoms with E-state index in [4.69, 9.17) is 9.39 Å². The van der Waals surface area contributed by atoms with Gasteiger partial charge in [-0.1, -0.05) is 0 Å². The van der Waals surface area contributed by atoms with Gasteiger partial charge in [-0.3, -0.25) is 14.2 Å². The average molecular weight is 352 g/mol. The van der Waals surface area contributed by atoms with Crippen molar-refractivity contribution < 1.29 is 31.7 Å². The van der Waals surface area contributed by atoms with Gasteiger partial charge < -0.3 is 10.2 Å². The van der Waals surface area contributed by atoms with E-state index in [1.807, 2.05) is 0 Å². The van der Waals surface area contributed by atoms with Gasteiger partial charge in [0.05, 0.1) is 12.6 Å². The van der Waals surface area contributed by atoms with E-state index < -0.39 is 34.4 Å². The van der Waals surface area contributed by atoms with Gasteiger partial charge in [-0.2, -0.15) is 13.5 Å². The summed E-state index contributed by atoms with van der Waals surface area (Å²) in [6.07, 6.45) is 1.42. The molecule has 2 aliphatic heterocycles. The van der Waals surface area contributed by atoms with Crippen LogP contribution in [-0.4, -0.2) is 73.7 Å². The van der Waals surface area contributed by atoms with Crippen molar-refractivity contribution in [2.45, 2.75) is 31.3 Å². The lowest BCUT2D eigenvalue weighted by molar-refractivity contribution is -0.138. The predicted molar refractivity (Wildman–Crippen MR) is 76.0 cm³/mol. The molecule has 2 unspecified atom stereocenters. The van der Waals surface area contributed by atoms with Crippen LogP contribution in [-0.2, 0) is 24.3 Å². The smallest absolute Gasteiger partial charge is 0.320 e. The molecule has 132 valence electrons. The molecule has 2 saturated heterocycles. The van der Waals surface area contributed by atoms with Crippen molar-refractivity contribution >= 4 is 22.3 Å². The fraction of sp³-hybridized carbons (Fsp3) is 0.818. The Hall–Kier alpha value is -1.47. The third-order valence-corrected chi connectivity index (χ3v) is 3.99. The second-order valence-electron chi connectivity index (χ2n) is 5.28. The van der Waals surface area contributed by atoms with Crippen LogP contribution >= 0.6 is 0 Å². The first-order valence-corrected chi connectivity index (χ1v) is 8.53. The minimum Gasteiger partial charge on any atom is -0.320 e. The lowest BCUT2D eigenvalue weighted by Gasteiger charge is -2.28. The van der Waals surface area contributed by atoms with E-state index in [0.717, 1.165) is 6.54 Å². The summed E-state index contributed by atoms with van der Waals surface area (Å²) in [7, 11) is -2.99. The van der Waals surface area contributed by atoms with Gasteiger partial charge in [0.15, 0.2) is 0 Å². The highest BCUT2D eigenvalue weighted by molar-refractivity contribution is 7.80. The number of hydroxylamine groups is 3. The fourth-order valence-corrected chi connectivity index (χ4v) is 3.00. The van der Waals surface area contributed by atoms with Crippen LogP contribution in [0.25, 0.3) is 0 Å². The summed E-state index contributed by atoms with van der Waals surface area (Å²) in [6.45, 7) is 1.22. The SMILES string of the molecule is CNCCCONC(=O)C1CCC2CN1C(=O)N2OS(=O)(=O)O. The van der Waals surface area contributed by atoms with Crippen LogP contribution in [0, 0.1) is 0 Å². The lowest BCUT2D eigenvalue weighted by atomic mass is 10.0. The third kappa shape index (κ3) is 4.51. The van der Waals surface area contributed by atoms with Crippen LogP contribution in [0.4, 0.5) is 4.79 Å². The highest BCUT2D eigenvalue weighted by Gasteiger charge is 2.49. The molecule has 2 atom stereocenters. The van der Waals surface area contributed by atoms with E-state index in [-0.39, 0.29) is 6.54 Å². The summed E-state index contributed by atoms with van der Waals surface area (Å²) in [5.41, 5.74) is 2.29. The first-order chi connectivity index (χ1) is 10.8. The minimum absolute atomic E-state index is 0.145. The van der Waals surface area contributed by atoms with E-state index >= 15 is 0 Å². The van der Waals surface area contributed by atoms with Gasteiger partial charge in [-0.15, -0.1) is 4.28 Å². The summed E-state index contributed by atoms with van der Waals surface area (Å²) in [6, 6.07) is -2.07. The van der Waals surface area contributed by atoms with Gasteiger partial charge >= 0.3 is 16.4 Å². The zero-order valence-corrected chi connectivity index (χ0v) is 13.4. The Labute approximate surface area is 133 Å². The predicted octanol–water partition coefficient (Wildman–Crippen LogP) is -1.35. The number of hydrogen-bond acceptors (Lipinski definition) is 7. The maximum atomic E-state index is 12.1. The first-order valence-electron chi connectivity index (χ1n) is 7.16. The number of urea groups is 1. The highest BCUT2D eigenvalue weighted by Crippen LogP contribution is 2.30. The summed E-state index contributed by atoms with van der Waals surface area (Å²) < 4.78 is 34.6. The maximum absolute atomic E-state index is 12.1. The van der Waals surface area contributed by atoms with Crippen LogP contribution in [0.5, 0.6) is 0 Å². The lowest BCUT2D eigenvalue weighted by Crippen LogP contribution is -2.49. The standard InChI is InChI=1S/C11H20N4O7S/c1-12-5-2-6-21-13-10(16)9-4-3-8-7-14(9)11(17)15(8)22-23(18,19)20/h8-9,12H,2-7H2,1H3,(H,13,16)(H,18,19,20). The summed E-state index contributed by atoms with van der Waals surface area (Å²) >= 11 is 0. The number of carbonyl (C=O) groups is 2. The molecule has 11 nitrogen and oxygen atoms in total. The van der Waals surface area contributed by atoms with Crippen molar-refractivity contribution in [2.75, 3.05) is 26.7 Å². The zero-order valence-electron chi connectivity index (χ0n) is 12.6. The molecule has 2 heterocycles. The number of fused-ring (bicyclic) bond motifs is 2. The van der Waals surface area contributed by atoms with Crippen molar-refractivity contribution in [3.05, 3.63) is 0 Å². The first kappa shape index (κ1) is 17.9. The Morgan fingerprint density at radius 3 is 2.83 bits per heavy atom. The Bertz CT molecular complexity index is 555. The molecule has 0 aliphatic carbocycles. The Balaban J connectivity index is 1.89. The molecule has 3 amide bonds. The Kier molecular flexibility index (Phi) is 5.75. The van der Waals surface area contributed by atoms with Crippen LogP contribution in [0.3, 0.4) is 0 Å². The van der Waals surface area contributed by atoms with Crippen LogP contribution < -0.4 is 10.8 Å². The van der Waals surface area contributed by atoms with Crippen LogP contribution in [0.15, 0.2) is 0 Å². The maximum Gasteiger partial charge on any atom is 0.418 e. The van der Waals surface area contributed by atoms with Gasteiger partial charge in [-0.05, 0) is 32.9 Å². The molecular formula is C11H20N4O7S. The van der Waals surface area contributed by atoms with Gasteiger partial charge in [0.2, 0.25) is 0 Å². The topological polar surface area (TPSA) is 138 Å². The molecule has 12 heteroatoms. The molecule has 2 aliphatic rings.